The van der Waals surface area contributed by atoms with Crippen LogP contribution in [0.4, 0.5) is 0 Å². The molecule has 0 fully saturated rings. The van der Waals surface area contributed by atoms with Gasteiger partial charge in [0.2, 0.25) is 5.90 Å². The summed E-state index contributed by atoms with van der Waals surface area (Å²) >= 11 is 3.40. The number of cyclic esters (lactones) is 1. The molecule has 110 valence electrons. The van der Waals surface area contributed by atoms with E-state index in [1.54, 1.807) is 25.3 Å². The van der Waals surface area contributed by atoms with Gasteiger partial charge >= 0.3 is 5.97 Å². The van der Waals surface area contributed by atoms with Gasteiger partial charge in [-0.1, -0.05) is 40.2 Å². The number of para-hydroxylation sites is 1. The molecule has 2 aromatic rings. The minimum atomic E-state index is -0.471. The molecule has 2 aromatic carbocycles. The highest BCUT2D eigenvalue weighted by Crippen LogP contribution is 2.25. The van der Waals surface area contributed by atoms with Crippen molar-refractivity contribution in [2.75, 3.05) is 7.11 Å². The molecule has 5 heteroatoms. The number of halogens is 1. The van der Waals surface area contributed by atoms with Crippen LogP contribution in [0.25, 0.3) is 6.08 Å². The van der Waals surface area contributed by atoms with Crippen molar-refractivity contribution in [1.82, 2.24) is 0 Å². The molecular formula is C17H12BrNO3. The van der Waals surface area contributed by atoms with Gasteiger partial charge in [0.05, 0.1) is 12.7 Å². The van der Waals surface area contributed by atoms with Gasteiger partial charge in [-0.25, -0.2) is 9.79 Å². The highest BCUT2D eigenvalue weighted by Gasteiger charge is 2.26. The first-order chi connectivity index (χ1) is 10.7. The maximum Gasteiger partial charge on any atom is 0.363 e. The average Bonchev–Trinajstić information content (AvgIpc) is 2.88. The number of carbonyl (C=O) groups is 1. The number of nitrogens with zero attached hydrogens (tertiary/aromatic N) is 1. The Morgan fingerprint density at radius 1 is 1.18 bits per heavy atom. The van der Waals surface area contributed by atoms with Crippen LogP contribution in [0.1, 0.15) is 11.1 Å². The molecule has 0 radical (unpaired) electrons. The van der Waals surface area contributed by atoms with Crippen molar-refractivity contribution in [2.45, 2.75) is 0 Å². The Kier molecular flexibility index (Phi) is 4.06. The van der Waals surface area contributed by atoms with Crippen molar-refractivity contribution in [3.8, 4) is 5.75 Å². The number of benzene rings is 2. The first-order valence-electron chi connectivity index (χ1n) is 6.59. The largest absolute Gasteiger partial charge is 0.496 e. The molecule has 0 amide bonds. The lowest BCUT2D eigenvalue weighted by Crippen LogP contribution is -2.06. The molecular weight excluding hydrogens is 346 g/mol. The van der Waals surface area contributed by atoms with Gasteiger partial charge in [-0.3, -0.25) is 0 Å². The fraction of sp³-hybridized carbons (Fsp3) is 0.0588. The van der Waals surface area contributed by atoms with Gasteiger partial charge in [-0.05, 0) is 35.9 Å². The van der Waals surface area contributed by atoms with E-state index in [1.165, 1.54) is 0 Å². The third kappa shape index (κ3) is 2.94. The number of ether oxygens (including phenoxy) is 2. The highest BCUT2D eigenvalue weighted by molar-refractivity contribution is 9.10. The van der Waals surface area contributed by atoms with Gasteiger partial charge < -0.3 is 9.47 Å². The summed E-state index contributed by atoms with van der Waals surface area (Å²) in [5.41, 5.74) is 1.78. The zero-order valence-electron chi connectivity index (χ0n) is 11.7. The Balaban J connectivity index is 1.98. The van der Waals surface area contributed by atoms with Crippen LogP contribution in [-0.4, -0.2) is 19.0 Å². The summed E-state index contributed by atoms with van der Waals surface area (Å²) in [6.07, 6.45) is 1.69. The second-order valence-corrected chi connectivity index (χ2v) is 5.51. The standard InChI is InChI=1S/C17H12BrNO3/c1-21-15-8-3-2-7-13(15)16-19-14(17(20)22-16)10-11-5-4-6-12(18)9-11/h2-10H,1H3. The summed E-state index contributed by atoms with van der Waals surface area (Å²) < 4.78 is 11.5. The Labute approximate surface area is 136 Å². The zero-order valence-corrected chi connectivity index (χ0v) is 13.3. The molecule has 0 unspecified atom stereocenters. The number of hydrogen-bond donors (Lipinski definition) is 0. The molecule has 1 aliphatic heterocycles. The first-order valence-corrected chi connectivity index (χ1v) is 7.38. The van der Waals surface area contributed by atoms with Crippen molar-refractivity contribution >= 4 is 33.9 Å². The molecule has 1 aliphatic rings. The fourth-order valence-corrected chi connectivity index (χ4v) is 2.52. The number of rotatable bonds is 3. The summed E-state index contributed by atoms with van der Waals surface area (Å²) in [6, 6.07) is 14.9. The topological polar surface area (TPSA) is 47.9 Å². The Hall–Kier alpha value is -2.40. The summed E-state index contributed by atoms with van der Waals surface area (Å²) in [5, 5.41) is 0. The summed E-state index contributed by atoms with van der Waals surface area (Å²) in [6.45, 7) is 0. The van der Waals surface area contributed by atoms with Crippen molar-refractivity contribution in [3.05, 3.63) is 69.8 Å². The lowest BCUT2D eigenvalue weighted by atomic mass is 10.2. The molecule has 0 spiro atoms. The van der Waals surface area contributed by atoms with E-state index < -0.39 is 5.97 Å². The summed E-state index contributed by atoms with van der Waals surface area (Å²) in [4.78, 5) is 16.3. The van der Waals surface area contributed by atoms with Crippen LogP contribution >= 0.6 is 15.9 Å². The molecule has 1 heterocycles. The number of carbonyl (C=O) groups excluding carboxylic acids is 1. The van der Waals surface area contributed by atoms with E-state index in [4.69, 9.17) is 9.47 Å². The molecule has 0 aromatic heterocycles. The second kappa shape index (κ2) is 6.15. The van der Waals surface area contributed by atoms with E-state index in [1.807, 2.05) is 36.4 Å². The maximum absolute atomic E-state index is 12.0. The summed E-state index contributed by atoms with van der Waals surface area (Å²) in [5.74, 6) is 0.391. The first kappa shape index (κ1) is 14.5. The number of methoxy groups -OCH3 is 1. The minimum absolute atomic E-state index is 0.253. The lowest BCUT2D eigenvalue weighted by molar-refractivity contribution is -0.129. The van der Waals surface area contributed by atoms with Crippen LogP contribution < -0.4 is 4.74 Å². The van der Waals surface area contributed by atoms with Crippen LogP contribution in [0.3, 0.4) is 0 Å². The second-order valence-electron chi connectivity index (χ2n) is 4.59. The van der Waals surface area contributed by atoms with Crippen molar-refractivity contribution in [3.63, 3.8) is 0 Å². The van der Waals surface area contributed by atoms with Gasteiger partial charge in [0.15, 0.2) is 5.70 Å². The predicted octanol–water partition coefficient (Wildman–Crippen LogP) is 3.80. The third-order valence-electron chi connectivity index (χ3n) is 3.11. The van der Waals surface area contributed by atoms with Crippen molar-refractivity contribution in [2.24, 2.45) is 4.99 Å². The van der Waals surface area contributed by atoms with E-state index in [2.05, 4.69) is 20.9 Å². The monoisotopic (exact) mass is 357 g/mol. The molecule has 3 rings (SSSR count). The lowest BCUT2D eigenvalue weighted by Gasteiger charge is -2.05. The van der Waals surface area contributed by atoms with Crippen molar-refractivity contribution in [1.29, 1.82) is 0 Å². The predicted molar refractivity (Wildman–Crippen MR) is 87.7 cm³/mol. The zero-order chi connectivity index (χ0) is 15.5. The SMILES string of the molecule is COc1ccccc1C1=NC(=Cc2cccc(Br)c2)C(=O)O1. The molecule has 0 bridgehead atoms. The maximum atomic E-state index is 12.0. The van der Waals surface area contributed by atoms with E-state index >= 15 is 0 Å². The fourth-order valence-electron chi connectivity index (χ4n) is 2.10. The number of hydrogen-bond acceptors (Lipinski definition) is 4. The van der Waals surface area contributed by atoms with Gasteiger partial charge in [-0.2, -0.15) is 0 Å². The van der Waals surface area contributed by atoms with Crippen molar-refractivity contribution < 1.29 is 14.3 Å². The Bertz CT molecular complexity index is 796. The van der Waals surface area contributed by atoms with Crippen LogP contribution in [0.2, 0.25) is 0 Å². The Morgan fingerprint density at radius 3 is 2.77 bits per heavy atom. The average molecular weight is 358 g/mol. The van der Waals surface area contributed by atoms with Gasteiger partial charge in [0.25, 0.3) is 0 Å². The van der Waals surface area contributed by atoms with E-state index in [-0.39, 0.29) is 11.6 Å². The van der Waals surface area contributed by atoms with Crippen LogP contribution in [-0.2, 0) is 9.53 Å². The van der Waals surface area contributed by atoms with Gasteiger partial charge in [-0.15, -0.1) is 0 Å². The third-order valence-corrected chi connectivity index (χ3v) is 3.60. The molecule has 22 heavy (non-hydrogen) atoms. The summed E-state index contributed by atoms with van der Waals surface area (Å²) in [7, 11) is 1.56. The number of esters is 1. The molecule has 0 saturated carbocycles. The highest BCUT2D eigenvalue weighted by atomic mass is 79.9. The van der Waals surface area contributed by atoms with E-state index in [9.17, 15) is 4.79 Å². The van der Waals surface area contributed by atoms with Crippen LogP contribution in [0, 0.1) is 0 Å². The van der Waals surface area contributed by atoms with E-state index in [0.29, 0.717) is 11.3 Å². The van der Waals surface area contributed by atoms with Gasteiger partial charge in [0.1, 0.15) is 5.75 Å². The quantitative estimate of drug-likeness (QED) is 0.619. The normalized spacial score (nSPS) is 15.6. The smallest absolute Gasteiger partial charge is 0.363 e. The van der Waals surface area contributed by atoms with E-state index in [0.717, 1.165) is 10.0 Å². The molecule has 4 nitrogen and oxygen atoms in total. The van der Waals surface area contributed by atoms with Gasteiger partial charge in [0, 0.05) is 4.47 Å². The molecule has 0 saturated heterocycles. The van der Waals surface area contributed by atoms with Crippen LogP contribution in [0.15, 0.2) is 63.7 Å². The molecule has 0 N–H and O–H groups in total. The minimum Gasteiger partial charge on any atom is -0.496 e. The number of aliphatic imine (C=N–C) groups is 1. The Morgan fingerprint density at radius 2 is 2.00 bits per heavy atom. The molecule has 0 atom stereocenters. The van der Waals surface area contributed by atoms with Crippen LogP contribution in [0.5, 0.6) is 5.75 Å². The molecule has 0 aliphatic carbocycles.